The maximum atomic E-state index is 12.2. The molecule has 6 heteroatoms. The Labute approximate surface area is 183 Å². The Hall–Kier alpha value is -2.73. The quantitative estimate of drug-likeness (QED) is 0.543. The zero-order valence-electron chi connectivity index (χ0n) is 18.7. The van der Waals surface area contributed by atoms with Gasteiger partial charge in [0.15, 0.2) is 0 Å². The second-order valence-electron chi connectivity index (χ2n) is 9.28. The number of carbonyl (C=O) groups is 1. The minimum Gasteiger partial charge on any atom is -0.493 e. The van der Waals surface area contributed by atoms with Gasteiger partial charge >= 0.3 is 6.09 Å². The summed E-state index contributed by atoms with van der Waals surface area (Å²) in [5, 5.41) is 6.06. The summed E-state index contributed by atoms with van der Waals surface area (Å²) in [6, 6.07) is 15.0. The van der Waals surface area contributed by atoms with E-state index in [1.165, 1.54) is 10.8 Å². The molecular weight excluding hydrogens is 390 g/mol. The average molecular weight is 424 g/mol. The van der Waals surface area contributed by atoms with Gasteiger partial charge in [0.25, 0.3) is 0 Å². The molecular formula is C25H33N3O3. The summed E-state index contributed by atoms with van der Waals surface area (Å²) in [4.78, 5) is 17.4. The van der Waals surface area contributed by atoms with Crippen molar-refractivity contribution < 1.29 is 14.3 Å². The van der Waals surface area contributed by atoms with Crippen LogP contribution in [0.5, 0.6) is 5.75 Å². The molecule has 0 spiro atoms. The molecule has 4 rings (SSSR count). The largest absolute Gasteiger partial charge is 0.493 e. The fraction of sp³-hybridized carbons (Fsp3) is 0.480. The summed E-state index contributed by atoms with van der Waals surface area (Å²) in [7, 11) is 0. The predicted molar refractivity (Wildman–Crippen MR) is 125 cm³/mol. The van der Waals surface area contributed by atoms with Crippen LogP contribution < -0.4 is 10.1 Å². The fourth-order valence-corrected chi connectivity index (χ4v) is 4.08. The van der Waals surface area contributed by atoms with Crippen LogP contribution in [-0.4, -0.2) is 53.9 Å². The average Bonchev–Trinajstić information content (AvgIpc) is 3.10. The second kappa shape index (κ2) is 9.18. The van der Waals surface area contributed by atoms with Crippen LogP contribution in [0.15, 0.2) is 42.5 Å². The smallest absolute Gasteiger partial charge is 0.410 e. The van der Waals surface area contributed by atoms with Crippen LogP contribution in [0.25, 0.3) is 21.8 Å². The van der Waals surface area contributed by atoms with Crippen molar-refractivity contribution in [3.63, 3.8) is 0 Å². The van der Waals surface area contributed by atoms with E-state index in [1.807, 2.05) is 37.8 Å². The maximum Gasteiger partial charge on any atom is 0.410 e. The fourth-order valence-electron chi connectivity index (χ4n) is 4.08. The molecule has 1 aliphatic rings. The van der Waals surface area contributed by atoms with Gasteiger partial charge in [0, 0.05) is 41.5 Å². The Morgan fingerprint density at radius 1 is 1.10 bits per heavy atom. The molecule has 2 heterocycles. The lowest BCUT2D eigenvalue weighted by Gasteiger charge is -2.33. The summed E-state index contributed by atoms with van der Waals surface area (Å²) in [6.07, 6.45) is 2.65. The van der Waals surface area contributed by atoms with Gasteiger partial charge in [-0.25, -0.2) is 4.79 Å². The molecule has 2 N–H and O–H groups in total. The van der Waals surface area contributed by atoms with Gasteiger partial charge in [-0.15, -0.1) is 0 Å². The van der Waals surface area contributed by atoms with Gasteiger partial charge in [0.05, 0.1) is 12.1 Å². The van der Waals surface area contributed by atoms with Gasteiger partial charge in [-0.1, -0.05) is 18.2 Å². The highest BCUT2D eigenvalue weighted by Crippen LogP contribution is 2.28. The molecule has 0 unspecified atom stereocenters. The number of para-hydroxylation sites is 1. The van der Waals surface area contributed by atoms with Gasteiger partial charge in [-0.3, -0.25) is 0 Å². The van der Waals surface area contributed by atoms with Crippen molar-refractivity contribution >= 4 is 27.9 Å². The summed E-state index contributed by atoms with van der Waals surface area (Å²) in [5.41, 5.74) is 1.82. The van der Waals surface area contributed by atoms with Gasteiger partial charge in [0.2, 0.25) is 0 Å². The van der Waals surface area contributed by atoms with Crippen LogP contribution >= 0.6 is 0 Å². The van der Waals surface area contributed by atoms with Crippen molar-refractivity contribution in [2.24, 2.45) is 0 Å². The normalized spacial score (nSPS) is 15.5. The van der Waals surface area contributed by atoms with E-state index in [1.54, 1.807) is 0 Å². The van der Waals surface area contributed by atoms with Crippen LogP contribution in [0.2, 0.25) is 0 Å². The van der Waals surface area contributed by atoms with Crippen LogP contribution in [0.3, 0.4) is 0 Å². The lowest BCUT2D eigenvalue weighted by atomic mass is 10.1. The Morgan fingerprint density at radius 2 is 1.84 bits per heavy atom. The summed E-state index contributed by atoms with van der Waals surface area (Å²) < 4.78 is 11.4. The Morgan fingerprint density at radius 3 is 2.61 bits per heavy atom. The molecule has 0 bridgehead atoms. The Bertz CT molecular complexity index is 1030. The third-order valence-corrected chi connectivity index (χ3v) is 5.65. The summed E-state index contributed by atoms with van der Waals surface area (Å²) >= 11 is 0. The van der Waals surface area contributed by atoms with Crippen molar-refractivity contribution in [2.75, 3.05) is 26.2 Å². The zero-order chi connectivity index (χ0) is 21.8. The minimum absolute atomic E-state index is 0.203. The van der Waals surface area contributed by atoms with Gasteiger partial charge in [0.1, 0.15) is 11.4 Å². The first-order chi connectivity index (χ1) is 14.9. The van der Waals surface area contributed by atoms with E-state index in [0.29, 0.717) is 12.6 Å². The molecule has 6 nitrogen and oxygen atoms in total. The Kier molecular flexibility index (Phi) is 6.37. The minimum atomic E-state index is -0.439. The number of piperidine rings is 1. The third kappa shape index (κ3) is 5.50. The molecule has 1 saturated heterocycles. The van der Waals surface area contributed by atoms with Gasteiger partial charge in [-0.2, -0.15) is 0 Å². The molecule has 3 aromatic rings. The number of nitrogens with one attached hydrogen (secondary N) is 2. The number of rotatable bonds is 6. The lowest BCUT2D eigenvalue weighted by Crippen LogP contribution is -2.46. The number of likely N-dealkylation sites (tertiary alicyclic amines) is 1. The first-order valence-electron chi connectivity index (χ1n) is 11.2. The van der Waals surface area contributed by atoms with Crippen molar-refractivity contribution in [2.45, 2.75) is 51.7 Å². The van der Waals surface area contributed by atoms with E-state index in [9.17, 15) is 4.79 Å². The molecule has 0 saturated carbocycles. The second-order valence-corrected chi connectivity index (χ2v) is 9.28. The monoisotopic (exact) mass is 423 g/mol. The Balaban J connectivity index is 1.17. The number of aromatic nitrogens is 1. The van der Waals surface area contributed by atoms with Crippen LogP contribution in [0, 0.1) is 0 Å². The van der Waals surface area contributed by atoms with E-state index < -0.39 is 5.60 Å². The zero-order valence-corrected chi connectivity index (χ0v) is 18.7. The molecule has 1 fully saturated rings. The highest BCUT2D eigenvalue weighted by molar-refractivity contribution is 6.07. The first kappa shape index (κ1) is 21.5. The third-order valence-electron chi connectivity index (χ3n) is 5.65. The van der Waals surface area contributed by atoms with E-state index in [0.717, 1.165) is 55.7 Å². The lowest BCUT2D eigenvalue weighted by molar-refractivity contribution is 0.0198. The molecule has 0 atom stereocenters. The van der Waals surface area contributed by atoms with Crippen molar-refractivity contribution in [3.05, 3.63) is 42.5 Å². The van der Waals surface area contributed by atoms with Gasteiger partial charge < -0.3 is 24.7 Å². The molecule has 2 aromatic carbocycles. The topological polar surface area (TPSA) is 66.6 Å². The summed E-state index contributed by atoms with van der Waals surface area (Å²) in [5.74, 6) is 0.893. The number of H-pyrrole nitrogens is 1. The van der Waals surface area contributed by atoms with E-state index in [-0.39, 0.29) is 6.09 Å². The standard InChI is InChI=1S/C25H33N3O3/c1-25(2,3)31-24(29)28-14-11-18(12-15-28)26-13-6-16-30-19-9-10-21-20-7-4-5-8-22(20)27-23(21)17-19/h4-5,7-10,17-18,26-27H,6,11-16H2,1-3H3. The number of benzene rings is 2. The number of aromatic amines is 1. The van der Waals surface area contributed by atoms with E-state index in [4.69, 9.17) is 9.47 Å². The van der Waals surface area contributed by atoms with Crippen molar-refractivity contribution in [1.29, 1.82) is 0 Å². The van der Waals surface area contributed by atoms with Crippen molar-refractivity contribution in [3.8, 4) is 5.75 Å². The van der Waals surface area contributed by atoms with Crippen LogP contribution in [-0.2, 0) is 4.74 Å². The number of ether oxygens (including phenoxy) is 2. The van der Waals surface area contributed by atoms with E-state index in [2.05, 4.69) is 40.6 Å². The van der Waals surface area contributed by atoms with Crippen molar-refractivity contribution in [1.82, 2.24) is 15.2 Å². The van der Waals surface area contributed by atoms with Gasteiger partial charge in [-0.05, 0) is 64.8 Å². The summed E-state index contributed by atoms with van der Waals surface area (Å²) in [6.45, 7) is 8.78. The number of amides is 1. The predicted octanol–water partition coefficient (Wildman–Crippen LogP) is 5.08. The number of hydrogen-bond donors (Lipinski definition) is 2. The SMILES string of the molecule is CC(C)(C)OC(=O)N1CCC(NCCCOc2ccc3c(c2)[nH]c2ccccc23)CC1. The molecule has 31 heavy (non-hydrogen) atoms. The number of nitrogens with zero attached hydrogens (tertiary/aromatic N) is 1. The number of fused-ring (bicyclic) bond motifs is 3. The molecule has 1 aliphatic heterocycles. The van der Waals surface area contributed by atoms with E-state index >= 15 is 0 Å². The molecule has 0 radical (unpaired) electrons. The maximum absolute atomic E-state index is 12.2. The first-order valence-corrected chi connectivity index (χ1v) is 11.2. The molecule has 1 aromatic heterocycles. The van der Waals surface area contributed by atoms with Crippen LogP contribution in [0.4, 0.5) is 4.79 Å². The number of hydrogen-bond acceptors (Lipinski definition) is 4. The highest BCUT2D eigenvalue weighted by Gasteiger charge is 2.26. The molecule has 1 amide bonds. The van der Waals surface area contributed by atoms with Crippen LogP contribution in [0.1, 0.15) is 40.0 Å². The molecule has 0 aliphatic carbocycles. The highest BCUT2D eigenvalue weighted by atomic mass is 16.6. The number of carbonyl (C=O) groups excluding carboxylic acids is 1. The molecule has 166 valence electrons.